The van der Waals surface area contributed by atoms with E-state index in [2.05, 4.69) is 229 Å². The van der Waals surface area contributed by atoms with Crippen LogP contribution in [0.1, 0.15) is 0 Å². The molecule has 0 fully saturated rings. The lowest BCUT2D eigenvalue weighted by molar-refractivity contribution is 1.30. The van der Waals surface area contributed by atoms with Crippen LogP contribution in [0.5, 0.6) is 0 Å². The number of fused-ring (bicyclic) bond motifs is 6. The van der Waals surface area contributed by atoms with Crippen LogP contribution in [0.25, 0.3) is 86.2 Å². The maximum absolute atomic E-state index is 2.48. The monoisotopic (exact) mass is 755 g/mol. The highest BCUT2D eigenvalue weighted by molar-refractivity contribution is 7.25. The van der Waals surface area contributed by atoms with Crippen molar-refractivity contribution in [1.29, 1.82) is 0 Å². The van der Waals surface area contributed by atoms with E-state index in [-0.39, 0.29) is 0 Å². The Morgan fingerprint density at radius 3 is 1.43 bits per heavy atom. The zero-order valence-electron chi connectivity index (χ0n) is 31.7. The van der Waals surface area contributed by atoms with Crippen molar-refractivity contribution in [3.63, 3.8) is 0 Å². The SMILES string of the molecule is c1ccc(-c2ccc(N(c3ccc4c(c3)sc3ccccc34)c3ccc4c(c3)c(-c3ccccc3)c(-c3ccccc3)c3ccccc34)c(-c3ccccc3)c2)cc1. The van der Waals surface area contributed by atoms with Crippen molar-refractivity contribution in [2.24, 2.45) is 0 Å². The van der Waals surface area contributed by atoms with Crippen LogP contribution >= 0.6 is 11.3 Å². The van der Waals surface area contributed by atoms with Gasteiger partial charge in [0, 0.05) is 37.1 Å². The summed E-state index contributed by atoms with van der Waals surface area (Å²) in [5.41, 5.74) is 13.0. The maximum atomic E-state index is 2.48. The molecule has 2 heteroatoms. The van der Waals surface area contributed by atoms with Crippen molar-refractivity contribution in [1.82, 2.24) is 0 Å². The van der Waals surface area contributed by atoms with Gasteiger partial charge in [-0.1, -0.05) is 182 Å². The maximum Gasteiger partial charge on any atom is 0.0540 e. The molecule has 0 N–H and O–H groups in total. The molecular weight excluding hydrogens is 719 g/mol. The van der Waals surface area contributed by atoms with Gasteiger partial charge in [-0.25, -0.2) is 0 Å². The molecule has 10 aromatic carbocycles. The van der Waals surface area contributed by atoms with Crippen molar-refractivity contribution in [2.45, 2.75) is 0 Å². The minimum Gasteiger partial charge on any atom is -0.310 e. The van der Waals surface area contributed by atoms with Gasteiger partial charge >= 0.3 is 0 Å². The van der Waals surface area contributed by atoms with Gasteiger partial charge in [0.25, 0.3) is 0 Å². The topological polar surface area (TPSA) is 3.24 Å². The molecule has 0 spiro atoms. The standard InChI is InChI=1S/C56H37NS/c1-5-17-38(18-6-1)42-29-34-52(50(35-42)39-19-7-2-8-20-39)57(44-31-33-48-47-26-15-16-28-53(47)58-54(48)37-44)43-30-32-46-45-25-13-14-27-49(45)55(40-21-9-3-10-22-40)56(51(46)36-43)41-23-11-4-12-24-41/h1-37H. The minimum atomic E-state index is 1.10. The van der Waals surface area contributed by atoms with E-state index >= 15 is 0 Å². The van der Waals surface area contributed by atoms with E-state index in [0.717, 1.165) is 17.1 Å². The van der Waals surface area contributed by atoms with Gasteiger partial charge < -0.3 is 4.90 Å². The molecule has 0 aliphatic heterocycles. The molecule has 0 radical (unpaired) electrons. The number of nitrogens with zero attached hydrogens (tertiary/aromatic N) is 1. The van der Waals surface area contributed by atoms with Crippen LogP contribution in [0.4, 0.5) is 17.1 Å². The Kier molecular flexibility index (Phi) is 8.42. The predicted molar refractivity (Wildman–Crippen MR) is 251 cm³/mol. The molecule has 0 amide bonds. The van der Waals surface area contributed by atoms with E-state index in [1.54, 1.807) is 0 Å². The molecule has 0 saturated carbocycles. The molecular formula is C56H37NS. The molecule has 11 rings (SSSR count). The number of benzene rings is 10. The van der Waals surface area contributed by atoms with Crippen LogP contribution < -0.4 is 4.90 Å². The number of hydrogen-bond donors (Lipinski definition) is 0. The van der Waals surface area contributed by atoms with Crippen molar-refractivity contribution in [2.75, 3.05) is 4.90 Å². The summed E-state index contributed by atoms with van der Waals surface area (Å²) in [6, 6.07) is 82.1. The molecule has 11 aromatic rings. The number of anilines is 3. The number of hydrogen-bond acceptors (Lipinski definition) is 2. The summed E-state index contributed by atoms with van der Waals surface area (Å²) in [7, 11) is 0. The Morgan fingerprint density at radius 2 is 0.759 bits per heavy atom. The molecule has 0 bridgehead atoms. The molecule has 1 aromatic heterocycles. The fourth-order valence-electron chi connectivity index (χ4n) is 8.80. The van der Waals surface area contributed by atoms with Gasteiger partial charge in [0.05, 0.1) is 5.69 Å². The second-order valence-corrected chi connectivity index (χ2v) is 15.9. The van der Waals surface area contributed by atoms with E-state index in [1.165, 1.54) is 86.2 Å². The molecule has 0 aliphatic carbocycles. The summed E-state index contributed by atoms with van der Waals surface area (Å²) < 4.78 is 2.57. The van der Waals surface area contributed by atoms with Crippen molar-refractivity contribution < 1.29 is 0 Å². The molecule has 0 saturated heterocycles. The highest BCUT2D eigenvalue weighted by atomic mass is 32.1. The van der Waals surface area contributed by atoms with Crippen LogP contribution in [0.15, 0.2) is 224 Å². The summed E-state index contributed by atoms with van der Waals surface area (Å²) in [6.07, 6.45) is 0. The van der Waals surface area contributed by atoms with Gasteiger partial charge in [0.1, 0.15) is 0 Å². The normalized spacial score (nSPS) is 11.4. The van der Waals surface area contributed by atoms with Gasteiger partial charge in [-0.3, -0.25) is 0 Å². The van der Waals surface area contributed by atoms with Crippen molar-refractivity contribution >= 4 is 70.1 Å². The summed E-state index contributed by atoms with van der Waals surface area (Å²) in [5.74, 6) is 0. The fourth-order valence-corrected chi connectivity index (χ4v) is 9.94. The van der Waals surface area contributed by atoms with E-state index in [1.807, 2.05) is 11.3 Å². The minimum absolute atomic E-state index is 1.10. The second-order valence-electron chi connectivity index (χ2n) is 14.8. The number of rotatable bonds is 7. The van der Waals surface area contributed by atoms with E-state index in [9.17, 15) is 0 Å². The molecule has 1 nitrogen and oxygen atoms in total. The van der Waals surface area contributed by atoms with Gasteiger partial charge in [-0.2, -0.15) is 0 Å². The Labute approximate surface area is 342 Å². The summed E-state index contributed by atoms with van der Waals surface area (Å²) in [6.45, 7) is 0. The average Bonchev–Trinajstić information content (AvgIpc) is 3.68. The van der Waals surface area contributed by atoms with Gasteiger partial charge in [-0.05, 0) is 103 Å². The third-order valence-electron chi connectivity index (χ3n) is 11.4. The second kappa shape index (κ2) is 14.4. The lowest BCUT2D eigenvalue weighted by Crippen LogP contribution is -2.11. The zero-order chi connectivity index (χ0) is 38.4. The molecule has 58 heavy (non-hydrogen) atoms. The first kappa shape index (κ1) is 34.0. The van der Waals surface area contributed by atoms with Crippen LogP contribution in [0, 0.1) is 0 Å². The zero-order valence-corrected chi connectivity index (χ0v) is 32.5. The quantitative estimate of drug-likeness (QED) is 0.146. The van der Waals surface area contributed by atoms with E-state index in [0.29, 0.717) is 0 Å². The van der Waals surface area contributed by atoms with E-state index < -0.39 is 0 Å². The van der Waals surface area contributed by atoms with Gasteiger partial charge in [0.15, 0.2) is 0 Å². The lowest BCUT2D eigenvalue weighted by Gasteiger charge is -2.29. The summed E-state index contributed by atoms with van der Waals surface area (Å²) in [5, 5.41) is 7.55. The van der Waals surface area contributed by atoms with Crippen LogP contribution in [-0.4, -0.2) is 0 Å². The lowest BCUT2D eigenvalue weighted by atomic mass is 9.85. The fraction of sp³-hybridized carbons (Fsp3) is 0. The molecule has 272 valence electrons. The number of thiophene rings is 1. The highest BCUT2D eigenvalue weighted by Crippen LogP contribution is 2.49. The van der Waals surface area contributed by atoms with E-state index in [4.69, 9.17) is 0 Å². The van der Waals surface area contributed by atoms with Crippen LogP contribution in [0.3, 0.4) is 0 Å². The first-order chi connectivity index (χ1) is 28.8. The smallest absolute Gasteiger partial charge is 0.0540 e. The summed E-state index contributed by atoms with van der Waals surface area (Å²) >= 11 is 1.86. The Bertz CT molecular complexity index is 3260. The van der Waals surface area contributed by atoms with Gasteiger partial charge in [-0.15, -0.1) is 11.3 Å². The Morgan fingerprint density at radius 1 is 0.276 bits per heavy atom. The largest absolute Gasteiger partial charge is 0.310 e. The predicted octanol–water partition coefficient (Wildman–Crippen LogP) is 16.5. The highest BCUT2D eigenvalue weighted by Gasteiger charge is 2.23. The molecule has 1 heterocycles. The average molecular weight is 756 g/mol. The first-order valence-corrected chi connectivity index (χ1v) is 20.7. The molecule has 0 aliphatic rings. The van der Waals surface area contributed by atoms with Crippen molar-refractivity contribution in [3.05, 3.63) is 224 Å². The Hall–Kier alpha value is -7.26. The molecule has 0 atom stereocenters. The van der Waals surface area contributed by atoms with Crippen LogP contribution in [0.2, 0.25) is 0 Å². The Balaban J connectivity index is 1.23. The third-order valence-corrected chi connectivity index (χ3v) is 12.6. The summed E-state index contributed by atoms with van der Waals surface area (Å²) in [4.78, 5) is 2.48. The van der Waals surface area contributed by atoms with Crippen molar-refractivity contribution in [3.8, 4) is 44.5 Å². The van der Waals surface area contributed by atoms with Gasteiger partial charge in [0.2, 0.25) is 0 Å². The first-order valence-electron chi connectivity index (χ1n) is 19.8. The third kappa shape index (κ3) is 5.86. The molecule has 0 unspecified atom stereocenters. The van der Waals surface area contributed by atoms with Crippen LogP contribution in [-0.2, 0) is 0 Å².